The molecule has 0 aromatic heterocycles. The predicted octanol–water partition coefficient (Wildman–Crippen LogP) is 1.62. The molecule has 1 radical (unpaired) electrons. The van der Waals surface area contributed by atoms with Gasteiger partial charge in [0.15, 0.2) is 0 Å². The summed E-state index contributed by atoms with van der Waals surface area (Å²) in [5.74, 6) is 0. The minimum absolute atomic E-state index is 0. The minimum Gasteiger partial charge on any atom is -0.230 e. The fourth-order valence-electron chi connectivity index (χ4n) is 0. The van der Waals surface area contributed by atoms with Crippen LogP contribution in [0.15, 0.2) is 0 Å². The fraction of sp³-hybridized carbons (Fsp3) is 0. The summed E-state index contributed by atoms with van der Waals surface area (Å²) in [6.45, 7) is 0. The second-order valence-corrected chi connectivity index (χ2v) is 1.57. The Balaban J connectivity index is 0. The Morgan fingerprint density at radius 1 is 1.25 bits per heavy atom. The summed E-state index contributed by atoms with van der Waals surface area (Å²) in [6.07, 6.45) is 0. The van der Waals surface area contributed by atoms with Gasteiger partial charge in [-0.05, 0) is 0 Å². The molecule has 0 amide bonds. The van der Waals surface area contributed by atoms with Gasteiger partial charge in [-0.1, -0.05) is 0 Å². The summed E-state index contributed by atoms with van der Waals surface area (Å²) < 4.78 is 3.88. The van der Waals surface area contributed by atoms with Crippen LogP contribution in [0.2, 0.25) is 0 Å². The Morgan fingerprint density at radius 3 is 1.25 bits per heavy atom. The van der Waals surface area contributed by atoms with E-state index in [-0.39, 0.29) is 17.1 Å². The van der Waals surface area contributed by atoms with Crippen LogP contribution in [0.4, 0.5) is 0 Å². The van der Waals surface area contributed by atoms with E-state index in [0.717, 1.165) is 0 Å². The van der Waals surface area contributed by atoms with Crippen LogP contribution >= 0.6 is 32.5 Å². The standard InChI is InChI=1S/Br2O.Fe/c1-3-2;/q;+3. The smallest absolute Gasteiger partial charge is 0.230 e. The maximum atomic E-state index is 3.88. The van der Waals surface area contributed by atoms with E-state index in [0.29, 0.717) is 0 Å². The van der Waals surface area contributed by atoms with Gasteiger partial charge in [0.2, 0.25) is 0 Å². The zero-order valence-corrected chi connectivity index (χ0v) is 5.79. The number of rotatable bonds is 0. The van der Waals surface area contributed by atoms with Crippen LogP contribution in [0.3, 0.4) is 0 Å². The first-order chi connectivity index (χ1) is 1.41. The molecule has 4 heteroatoms. The van der Waals surface area contributed by atoms with Crippen LogP contribution in [-0.2, 0) is 20.0 Å². The number of halogens is 2. The molecule has 0 aliphatic rings. The molecule has 0 aliphatic carbocycles. The average molecular weight is 232 g/mol. The summed E-state index contributed by atoms with van der Waals surface area (Å²) in [7, 11) is 0. The topological polar surface area (TPSA) is 9.23 Å². The van der Waals surface area contributed by atoms with Crippen molar-refractivity contribution >= 4 is 32.5 Å². The van der Waals surface area contributed by atoms with E-state index in [1.54, 1.807) is 0 Å². The Labute approximate surface area is 52.5 Å². The van der Waals surface area contributed by atoms with Gasteiger partial charge >= 0.3 is 17.1 Å². The quantitative estimate of drug-likeness (QED) is 0.576. The zero-order chi connectivity index (χ0) is 2.71. The summed E-state index contributed by atoms with van der Waals surface area (Å²) in [4.78, 5) is 0. The van der Waals surface area contributed by atoms with Crippen molar-refractivity contribution in [1.29, 1.82) is 0 Å². The molecule has 0 saturated carbocycles. The van der Waals surface area contributed by atoms with E-state index in [1.807, 2.05) is 0 Å². The molecule has 0 saturated heterocycles. The van der Waals surface area contributed by atoms with E-state index >= 15 is 0 Å². The Hall–Kier alpha value is 1.44. The van der Waals surface area contributed by atoms with Crippen LogP contribution < -0.4 is 0 Å². The second-order valence-electron chi connectivity index (χ2n) is 0.0583. The zero-order valence-electron chi connectivity index (χ0n) is 1.52. The second kappa shape index (κ2) is 8.83. The molecular weight excluding hydrogens is 232 g/mol. The molecular formula is Br2FeO+3. The van der Waals surface area contributed by atoms with Gasteiger partial charge in [-0.15, -0.1) is 0 Å². The van der Waals surface area contributed by atoms with Gasteiger partial charge in [0.1, 0.15) is 32.5 Å². The van der Waals surface area contributed by atoms with Crippen molar-refractivity contribution in [3.63, 3.8) is 0 Å². The summed E-state index contributed by atoms with van der Waals surface area (Å²) >= 11 is 5.12. The normalized spacial score (nSPS) is 4.50. The minimum atomic E-state index is 0. The molecule has 1 nitrogen and oxygen atoms in total. The van der Waals surface area contributed by atoms with Crippen molar-refractivity contribution in [2.24, 2.45) is 0 Å². The first-order valence-corrected chi connectivity index (χ1v) is 1.60. The summed E-state index contributed by atoms with van der Waals surface area (Å²) in [6, 6.07) is 0. The molecule has 0 unspecified atom stereocenters. The molecule has 0 rings (SSSR count). The van der Waals surface area contributed by atoms with Gasteiger partial charge in [0.25, 0.3) is 0 Å². The first kappa shape index (κ1) is 9.06. The molecule has 25 valence electrons. The first-order valence-electron chi connectivity index (χ1n) is 0.309. The fourth-order valence-corrected chi connectivity index (χ4v) is 0. The molecule has 0 aliphatic heterocycles. The molecule has 0 fully saturated rings. The average Bonchev–Trinajstić information content (AvgIpc) is 0.918. The van der Waals surface area contributed by atoms with Crippen LogP contribution in [0.5, 0.6) is 0 Å². The van der Waals surface area contributed by atoms with Crippen LogP contribution in [0, 0.1) is 0 Å². The van der Waals surface area contributed by atoms with Crippen LogP contribution in [0.1, 0.15) is 0 Å². The third-order valence-electron chi connectivity index (χ3n) is 0. The van der Waals surface area contributed by atoms with E-state index in [2.05, 4.69) is 35.4 Å². The van der Waals surface area contributed by atoms with Crippen LogP contribution in [0.25, 0.3) is 0 Å². The van der Waals surface area contributed by atoms with Crippen LogP contribution in [-0.4, -0.2) is 0 Å². The van der Waals surface area contributed by atoms with Gasteiger partial charge in [-0.25, -0.2) is 2.92 Å². The molecule has 0 spiro atoms. The van der Waals surface area contributed by atoms with Crippen molar-refractivity contribution in [3.8, 4) is 0 Å². The Kier molecular flexibility index (Phi) is 20.0. The van der Waals surface area contributed by atoms with E-state index < -0.39 is 0 Å². The van der Waals surface area contributed by atoms with E-state index in [4.69, 9.17) is 0 Å². The van der Waals surface area contributed by atoms with Gasteiger partial charge in [-0.3, -0.25) is 0 Å². The summed E-state index contributed by atoms with van der Waals surface area (Å²) in [5.41, 5.74) is 0. The van der Waals surface area contributed by atoms with Gasteiger partial charge in [0.05, 0.1) is 0 Å². The predicted molar refractivity (Wildman–Crippen MR) is 18.9 cm³/mol. The third kappa shape index (κ3) is 9.88. The van der Waals surface area contributed by atoms with Gasteiger partial charge < -0.3 is 0 Å². The SMILES string of the molecule is BrOBr.[Fe+3]. The molecule has 0 heterocycles. The van der Waals surface area contributed by atoms with Crippen molar-refractivity contribution < 1.29 is 20.0 Å². The number of hydrogen-bond donors (Lipinski definition) is 0. The molecule has 0 N–H and O–H groups in total. The molecule has 0 bridgehead atoms. The van der Waals surface area contributed by atoms with Crippen molar-refractivity contribution in [1.82, 2.24) is 0 Å². The largest absolute Gasteiger partial charge is 3.00 e. The maximum absolute atomic E-state index is 3.88. The third-order valence-corrected chi connectivity index (χ3v) is 0. The van der Waals surface area contributed by atoms with Gasteiger partial charge in [0, 0.05) is 0 Å². The van der Waals surface area contributed by atoms with Crippen molar-refractivity contribution in [3.05, 3.63) is 0 Å². The number of hydrogen-bond acceptors (Lipinski definition) is 1. The molecule has 0 atom stereocenters. The van der Waals surface area contributed by atoms with Gasteiger partial charge in [-0.2, -0.15) is 0 Å². The monoisotopic (exact) mass is 230 g/mol. The Bertz CT molecular complexity index is 6.00. The maximum Gasteiger partial charge on any atom is 3.00 e. The van der Waals surface area contributed by atoms with Crippen molar-refractivity contribution in [2.45, 2.75) is 0 Å². The van der Waals surface area contributed by atoms with E-state index in [9.17, 15) is 0 Å². The molecule has 4 heavy (non-hydrogen) atoms. The summed E-state index contributed by atoms with van der Waals surface area (Å²) in [5, 5.41) is 0. The Morgan fingerprint density at radius 2 is 1.25 bits per heavy atom. The van der Waals surface area contributed by atoms with Crippen molar-refractivity contribution in [2.75, 3.05) is 0 Å². The molecule has 0 aromatic rings. The van der Waals surface area contributed by atoms with E-state index in [1.165, 1.54) is 0 Å². The molecule has 0 aromatic carbocycles.